The Morgan fingerprint density at radius 2 is 1.80 bits per heavy atom. The zero-order valence-corrected chi connectivity index (χ0v) is 11.5. The van der Waals surface area contributed by atoms with Crippen LogP contribution in [0.1, 0.15) is 28.4 Å². The maximum atomic E-state index is 12.2. The molecule has 0 saturated carbocycles. The van der Waals surface area contributed by atoms with Crippen molar-refractivity contribution < 1.29 is 15.0 Å². The Bertz CT molecular complexity index is 630. The summed E-state index contributed by atoms with van der Waals surface area (Å²) in [5.41, 5.74) is 3.01. The molecule has 0 aliphatic carbocycles. The molecule has 0 heterocycles. The van der Waals surface area contributed by atoms with E-state index in [4.69, 9.17) is 0 Å². The van der Waals surface area contributed by atoms with Gasteiger partial charge < -0.3 is 15.5 Å². The fourth-order valence-corrected chi connectivity index (χ4v) is 2.11. The molecule has 3 N–H and O–H groups in total. The van der Waals surface area contributed by atoms with Crippen molar-refractivity contribution in [3.8, 4) is 11.5 Å². The summed E-state index contributed by atoms with van der Waals surface area (Å²) in [6, 6.07) is 9.65. The summed E-state index contributed by atoms with van der Waals surface area (Å²) in [4.78, 5) is 12.2. The van der Waals surface area contributed by atoms with Gasteiger partial charge in [0.1, 0.15) is 11.5 Å². The van der Waals surface area contributed by atoms with Crippen LogP contribution in [0.5, 0.6) is 11.5 Å². The van der Waals surface area contributed by atoms with Crippen LogP contribution in [-0.4, -0.2) is 16.1 Å². The molecule has 0 radical (unpaired) electrons. The number of hydrogen-bond donors (Lipinski definition) is 3. The molecule has 0 saturated heterocycles. The van der Waals surface area contributed by atoms with Crippen LogP contribution in [0.2, 0.25) is 0 Å². The molecule has 0 spiro atoms. The number of aromatic hydroxyl groups is 2. The molecule has 0 fully saturated rings. The number of phenols is 2. The molecule has 2 aromatic carbocycles. The summed E-state index contributed by atoms with van der Waals surface area (Å²) in [6.07, 6.45) is 0.808. The molecule has 104 valence electrons. The summed E-state index contributed by atoms with van der Waals surface area (Å²) in [5.74, 6) is -0.647. The van der Waals surface area contributed by atoms with Crippen molar-refractivity contribution in [2.45, 2.75) is 20.3 Å². The van der Waals surface area contributed by atoms with Crippen molar-refractivity contribution in [3.05, 3.63) is 53.1 Å². The lowest BCUT2D eigenvalue weighted by atomic mass is 10.1. The summed E-state index contributed by atoms with van der Waals surface area (Å²) >= 11 is 0. The van der Waals surface area contributed by atoms with Gasteiger partial charge in [-0.1, -0.05) is 25.1 Å². The Kier molecular flexibility index (Phi) is 3.94. The number of rotatable bonds is 3. The first-order valence-corrected chi connectivity index (χ1v) is 6.44. The van der Waals surface area contributed by atoms with E-state index in [0.717, 1.165) is 23.2 Å². The van der Waals surface area contributed by atoms with Crippen molar-refractivity contribution in [1.82, 2.24) is 0 Å². The highest BCUT2D eigenvalue weighted by Gasteiger charge is 2.12. The summed E-state index contributed by atoms with van der Waals surface area (Å²) in [5, 5.41) is 21.7. The van der Waals surface area contributed by atoms with Gasteiger partial charge in [0, 0.05) is 17.3 Å². The minimum absolute atomic E-state index is 0.143. The lowest BCUT2D eigenvalue weighted by Crippen LogP contribution is -2.14. The Hall–Kier alpha value is -2.49. The number of carbonyl (C=O) groups is 1. The minimum Gasteiger partial charge on any atom is -0.508 e. The van der Waals surface area contributed by atoms with Gasteiger partial charge in [0.25, 0.3) is 5.91 Å². The molecule has 0 atom stereocenters. The third kappa shape index (κ3) is 2.91. The van der Waals surface area contributed by atoms with Crippen LogP contribution in [0.25, 0.3) is 0 Å². The van der Waals surface area contributed by atoms with Crippen LogP contribution < -0.4 is 5.32 Å². The minimum atomic E-state index is -0.361. The summed E-state index contributed by atoms with van der Waals surface area (Å²) in [6.45, 7) is 3.94. The van der Waals surface area contributed by atoms with Crippen LogP contribution >= 0.6 is 0 Å². The lowest BCUT2D eigenvalue weighted by Gasteiger charge is -2.13. The van der Waals surface area contributed by atoms with E-state index in [2.05, 4.69) is 5.32 Å². The lowest BCUT2D eigenvalue weighted by molar-refractivity contribution is 0.102. The van der Waals surface area contributed by atoms with Crippen LogP contribution in [0.4, 0.5) is 5.69 Å². The van der Waals surface area contributed by atoms with E-state index in [1.807, 2.05) is 32.0 Å². The van der Waals surface area contributed by atoms with E-state index < -0.39 is 0 Å². The van der Waals surface area contributed by atoms with Crippen molar-refractivity contribution in [3.63, 3.8) is 0 Å². The number of para-hydroxylation sites is 1. The van der Waals surface area contributed by atoms with Gasteiger partial charge in [0.05, 0.1) is 0 Å². The molecule has 0 aliphatic rings. The zero-order chi connectivity index (χ0) is 14.7. The highest BCUT2D eigenvalue weighted by atomic mass is 16.3. The third-order valence-electron chi connectivity index (χ3n) is 3.14. The van der Waals surface area contributed by atoms with Gasteiger partial charge in [0.15, 0.2) is 0 Å². The van der Waals surface area contributed by atoms with E-state index in [1.165, 1.54) is 18.2 Å². The second-order valence-corrected chi connectivity index (χ2v) is 4.65. The van der Waals surface area contributed by atoms with Gasteiger partial charge in [-0.3, -0.25) is 4.79 Å². The molecule has 0 unspecified atom stereocenters. The fourth-order valence-electron chi connectivity index (χ4n) is 2.11. The number of aryl methyl sites for hydroxylation is 2. The van der Waals surface area contributed by atoms with Crippen molar-refractivity contribution in [1.29, 1.82) is 0 Å². The van der Waals surface area contributed by atoms with Crippen molar-refractivity contribution >= 4 is 11.6 Å². The molecular formula is C16H17NO3. The maximum absolute atomic E-state index is 12.2. The Morgan fingerprint density at radius 1 is 1.15 bits per heavy atom. The number of hydrogen-bond acceptors (Lipinski definition) is 3. The molecule has 1 amide bonds. The van der Waals surface area contributed by atoms with Gasteiger partial charge in [-0.25, -0.2) is 0 Å². The molecule has 2 rings (SSSR count). The van der Waals surface area contributed by atoms with Gasteiger partial charge in [0.2, 0.25) is 0 Å². The van der Waals surface area contributed by atoms with Crippen LogP contribution in [0.3, 0.4) is 0 Å². The normalized spacial score (nSPS) is 10.3. The standard InChI is InChI=1S/C16H17NO3/c1-3-11-6-4-5-10(2)15(11)17-16(20)12-7-13(18)9-14(19)8-12/h4-9,18-19H,3H2,1-2H3,(H,17,20). The first-order valence-electron chi connectivity index (χ1n) is 6.44. The number of benzene rings is 2. The molecule has 4 heteroatoms. The number of amides is 1. The quantitative estimate of drug-likeness (QED) is 0.802. The van der Waals surface area contributed by atoms with E-state index in [9.17, 15) is 15.0 Å². The number of anilines is 1. The molecule has 0 aliphatic heterocycles. The monoisotopic (exact) mass is 271 g/mol. The molecule has 2 aromatic rings. The summed E-state index contributed by atoms with van der Waals surface area (Å²) < 4.78 is 0. The van der Waals surface area contributed by atoms with E-state index in [-0.39, 0.29) is 23.0 Å². The zero-order valence-electron chi connectivity index (χ0n) is 11.5. The van der Waals surface area contributed by atoms with E-state index >= 15 is 0 Å². The molecule has 4 nitrogen and oxygen atoms in total. The number of nitrogens with one attached hydrogen (secondary N) is 1. The summed E-state index contributed by atoms with van der Waals surface area (Å²) in [7, 11) is 0. The van der Waals surface area contributed by atoms with Gasteiger partial charge in [-0.05, 0) is 36.6 Å². The van der Waals surface area contributed by atoms with Gasteiger partial charge >= 0.3 is 0 Å². The Labute approximate surface area is 117 Å². The number of phenolic OH excluding ortho intramolecular Hbond substituents is 2. The highest BCUT2D eigenvalue weighted by Crippen LogP contribution is 2.24. The predicted molar refractivity (Wildman–Crippen MR) is 78.3 cm³/mol. The molecule has 20 heavy (non-hydrogen) atoms. The van der Waals surface area contributed by atoms with Crippen molar-refractivity contribution in [2.75, 3.05) is 5.32 Å². The van der Waals surface area contributed by atoms with E-state index in [0.29, 0.717) is 0 Å². The van der Waals surface area contributed by atoms with Crippen LogP contribution in [0, 0.1) is 6.92 Å². The van der Waals surface area contributed by atoms with Crippen LogP contribution in [-0.2, 0) is 6.42 Å². The third-order valence-corrected chi connectivity index (χ3v) is 3.14. The average molecular weight is 271 g/mol. The predicted octanol–water partition coefficient (Wildman–Crippen LogP) is 3.22. The fraction of sp³-hybridized carbons (Fsp3) is 0.188. The van der Waals surface area contributed by atoms with Crippen LogP contribution in [0.15, 0.2) is 36.4 Å². The Morgan fingerprint density at radius 3 is 2.40 bits per heavy atom. The van der Waals surface area contributed by atoms with Gasteiger partial charge in [-0.2, -0.15) is 0 Å². The number of carbonyl (C=O) groups excluding carboxylic acids is 1. The second-order valence-electron chi connectivity index (χ2n) is 4.65. The molecular weight excluding hydrogens is 254 g/mol. The molecule has 0 aromatic heterocycles. The average Bonchev–Trinajstić information content (AvgIpc) is 2.39. The second kappa shape index (κ2) is 5.65. The Balaban J connectivity index is 2.32. The van der Waals surface area contributed by atoms with E-state index in [1.54, 1.807) is 0 Å². The molecule has 0 bridgehead atoms. The highest BCUT2D eigenvalue weighted by molar-refractivity contribution is 6.05. The SMILES string of the molecule is CCc1cccc(C)c1NC(=O)c1cc(O)cc(O)c1. The smallest absolute Gasteiger partial charge is 0.255 e. The van der Waals surface area contributed by atoms with Gasteiger partial charge in [-0.15, -0.1) is 0 Å². The van der Waals surface area contributed by atoms with Crippen molar-refractivity contribution in [2.24, 2.45) is 0 Å². The largest absolute Gasteiger partial charge is 0.508 e. The first kappa shape index (κ1) is 13.9. The first-order chi connectivity index (χ1) is 9.51. The maximum Gasteiger partial charge on any atom is 0.255 e. The topological polar surface area (TPSA) is 69.6 Å².